The highest BCUT2D eigenvalue weighted by Gasteiger charge is 2.15. The highest BCUT2D eigenvalue weighted by atomic mass is 35.5. The smallest absolute Gasteiger partial charge is 0.238 e. The number of amides is 1. The van der Waals surface area contributed by atoms with Gasteiger partial charge in [0, 0.05) is 13.2 Å². The molecule has 0 saturated carbocycles. The second-order valence-electron chi connectivity index (χ2n) is 4.83. The Labute approximate surface area is 129 Å². The number of benzene rings is 1. The summed E-state index contributed by atoms with van der Waals surface area (Å²) in [5.41, 5.74) is 0.440. The molecule has 112 valence electrons. The van der Waals surface area contributed by atoms with Gasteiger partial charge in [0.25, 0.3) is 0 Å². The lowest BCUT2D eigenvalue weighted by Gasteiger charge is -2.21. The van der Waals surface area contributed by atoms with Crippen molar-refractivity contribution in [2.75, 3.05) is 25.6 Å². The Morgan fingerprint density at radius 1 is 1.30 bits per heavy atom. The third kappa shape index (κ3) is 5.29. The molecule has 4 nitrogen and oxygen atoms in total. The van der Waals surface area contributed by atoms with Gasteiger partial charge < -0.3 is 15.4 Å². The molecule has 0 aliphatic rings. The average molecular weight is 319 g/mol. The molecule has 0 heterocycles. The van der Waals surface area contributed by atoms with E-state index in [1.165, 1.54) is 0 Å². The number of hydrogen-bond donors (Lipinski definition) is 2. The van der Waals surface area contributed by atoms with Crippen LogP contribution in [0, 0.1) is 5.92 Å². The molecule has 2 N–H and O–H groups in total. The fourth-order valence-electron chi connectivity index (χ4n) is 1.69. The molecule has 1 aromatic carbocycles. The van der Waals surface area contributed by atoms with Crippen molar-refractivity contribution in [3.8, 4) is 0 Å². The van der Waals surface area contributed by atoms with Crippen LogP contribution in [0.1, 0.15) is 13.8 Å². The molecule has 0 aromatic heterocycles. The molecular formula is C14H20Cl2N2O2. The van der Waals surface area contributed by atoms with Crippen LogP contribution < -0.4 is 10.6 Å². The SMILES string of the molecule is COCC(NCC(=O)Nc1c(Cl)cccc1Cl)C(C)C. The molecule has 1 amide bonds. The molecule has 1 atom stereocenters. The first kappa shape index (κ1) is 17.2. The van der Waals surface area contributed by atoms with E-state index in [0.717, 1.165) is 0 Å². The molecule has 0 spiro atoms. The zero-order valence-corrected chi connectivity index (χ0v) is 13.4. The summed E-state index contributed by atoms with van der Waals surface area (Å²) in [5.74, 6) is 0.174. The molecule has 0 aliphatic heterocycles. The van der Waals surface area contributed by atoms with Gasteiger partial charge in [0.05, 0.1) is 28.9 Å². The zero-order valence-electron chi connectivity index (χ0n) is 11.9. The van der Waals surface area contributed by atoms with Gasteiger partial charge in [-0.3, -0.25) is 4.79 Å². The van der Waals surface area contributed by atoms with Crippen molar-refractivity contribution < 1.29 is 9.53 Å². The Bertz CT molecular complexity index is 433. The lowest BCUT2D eigenvalue weighted by atomic mass is 10.1. The lowest BCUT2D eigenvalue weighted by Crippen LogP contribution is -2.42. The van der Waals surface area contributed by atoms with Gasteiger partial charge >= 0.3 is 0 Å². The van der Waals surface area contributed by atoms with Crippen molar-refractivity contribution in [1.82, 2.24) is 5.32 Å². The second-order valence-corrected chi connectivity index (χ2v) is 5.65. The van der Waals surface area contributed by atoms with Gasteiger partial charge in [-0.05, 0) is 18.1 Å². The minimum absolute atomic E-state index is 0.118. The lowest BCUT2D eigenvalue weighted by molar-refractivity contribution is -0.115. The Kier molecular flexibility index (Phi) is 7.30. The second kappa shape index (κ2) is 8.47. The van der Waals surface area contributed by atoms with Crippen LogP contribution in [0.4, 0.5) is 5.69 Å². The topological polar surface area (TPSA) is 50.4 Å². The normalized spacial score (nSPS) is 12.5. The first-order valence-electron chi connectivity index (χ1n) is 6.42. The minimum atomic E-state index is -0.193. The summed E-state index contributed by atoms with van der Waals surface area (Å²) >= 11 is 12.0. The van der Waals surface area contributed by atoms with E-state index in [2.05, 4.69) is 24.5 Å². The summed E-state index contributed by atoms with van der Waals surface area (Å²) in [4.78, 5) is 11.9. The van der Waals surface area contributed by atoms with E-state index in [1.54, 1.807) is 25.3 Å². The Hall–Kier alpha value is -0.810. The molecule has 0 bridgehead atoms. The Morgan fingerprint density at radius 3 is 2.40 bits per heavy atom. The quantitative estimate of drug-likeness (QED) is 0.811. The number of para-hydroxylation sites is 1. The van der Waals surface area contributed by atoms with Crippen molar-refractivity contribution in [3.63, 3.8) is 0 Å². The van der Waals surface area contributed by atoms with Crippen LogP contribution in [-0.4, -0.2) is 32.2 Å². The Morgan fingerprint density at radius 2 is 1.90 bits per heavy atom. The van der Waals surface area contributed by atoms with Crippen molar-refractivity contribution >= 4 is 34.8 Å². The van der Waals surface area contributed by atoms with Gasteiger partial charge in [-0.25, -0.2) is 0 Å². The van der Waals surface area contributed by atoms with E-state index in [1.807, 2.05) is 0 Å². The summed E-state index contributed by atoms with van der Waals surface area (Å²) in [6.07, 6.45) is 0. The zero-order chi connectivity index (χ0) is 15.1. The fraction of sp³-hybridized carbons (Fsp3) is 0.500. The first-order valence-corrected chi connectivity index (χ1v) is 7.17. The van der Waals surface area contributed by atoms with Crippen LogP contribution in [0.5, 0.6) is 0 Å². The van der Waals surface area contributed by atoms with Crippen molar-refractivity contribution in [1.29, 1.82) is 0 Å². The third-order valence-corrected chi connectivity index (χ3v) is 3.53. The van der Waals surface area contributed by atoms with Crippen LogP contribution >= 0.6 is 23.2 Å². The standard InChI is InChI=1S/C14H20Cl2N2O2/c1-9(2)12(8-20-3)17-7-13(19)18-14-10(15)5-4-6-11(14)16/h4-6,9,12,17H,7-8H2,1-3H3,(H,18,19). The maximum atomic E-state index is 11.9. The van der Waals surface area contributed by atoms with E-state index in [0.29, 0.717) is 28.3 Å². The van der Waals surface area contributed by atoms with E-state index >= 15 is 0 Å². The highest BCUT2D eigenvalue weighted by Crippen LogP contribution is 2.29. The number of nitrogens with one attached hydrogen (secondary N) is 2. The molecule has 6 heteroatoms. The van der Waals surface area contributed by atoms with Gasteiger partial charge in [-0.2, -0.15) is 0 Å². The van der Waals surface area contributed by atoms with E-state index in [-0.39, 0.29) is 18.5 Å². The number of halogens is 2. The van der Waals surface area contributed by atoms with Gasteiger partial charge in [0.1, 0.15) is 0 Å². The number of ether oxygens (including phenoxy) is 1. The fourth-order valence-corrected chi connectivity index (χ4v) is 2.18. The molecule has 1 rings (SSSR count). The number of anilines is 1. The third-order valence-electron chi connectivity index (χ3n) is 2.90. The van der Waals surface area contributed by atoms with E-state index in [9.17, 15) is 4.79 Å². The van der Waals surface area contributed by atoms with Crippen LogP contribution in [0.2, 0.25) is 10.0 Å². The molecule has 1 unspecified atom stereocenters. The maximum Gasteiger partial charge on any atom is 0.238 e. The molecule has 0 radical (unpaired) electrons. The van der Waals surface area contributed by atoms with E-state index < -0.39 is 0 Å². The summed E-state index contributed by atoms with van der Waals surface area (Å²) < 4.78 is 5.12. The maximum absolute atomic E-state index is 11.9. The molecule has 0 saturated heterocycles. The van der Waals surface area contributed by atoms with Gasteiger partial charge in [-0.1, -0.05) is 43.1 Å². The molecule has 0 fully saturated rings. The predicted molar refractivity (Wildman–Crippen MR) is 83.6 cm³/mol. The Balaban J connectivity index is 2.55. The minimum Gasteiger partial charge on any atom is -0.383 e. The van der Waals surface area contributed by atoms with E-state index in [4.69, 9.17) is 27.9 Å². The summed E-state index contributed by atoms with van der Waals surface area (Å²) in [5, 5.41) is 6.70. The molecule has 1 aromatic rings. The number of carbonyl (C=O) groups excluding carboxylic acids is 1. The number of hydrogen-bond acceptors (Lipinski definition) is 3. The molecule has 0 aliphatic carbocycles. The first-order chi connectivity index (χ1) is 9.45. The number of rotatable bonds is 7. The molecular weight excluding hydrogens is 299 g/mol. The summed E-state index contributed by atoms with van der Waals surface area (Å²) in [6, 6.07) is 5.20. The predicted octanol–water partition coefficient (Wildman–Crippen LogP) is 3.19. The van der Waals surface area contributed by atoms with Crippen molar-refractivity contribution in [2.24, 2.45) is 5.92 Å². The van der Waals surface area contributed by atoms with Crippen LogP contribution in [0.15, 0.2) is 18.2 Å². The number of methoxy groups -OCH3 is 1. The number of carbonyl (C=O) groups is 1. The van der Waals surface area contributed by atoms with Crippen LogP contribution in [0.3, 0.4) is 0 Å². The average Bonchev–Trinajstić information content (AvgIpc) is 2.38. The van der Waals surface area contributed by atoms with Crippen molar-refractivity contribution in [3.05, 3.63) is 28.2 Å². The van der Waals surface area contributed by atoms with Gasteiger partial charge in [0.2, 0.25) is 5.91 Å². The monoisotopic (exact) mass is 318 g/mol. The largest absolute Gasteiger partial charge is 0.383 e. The highest BCUT2D eigenvalue weighted by molar-refractivity contribution is 6.39. The summed E-state index contributed by atoms with van der Waals surface area (Å²) in [6.45, 7) is 4.87. The van der Waals surface area contributed by atoms with Crippen LogP contribution in [-0.2, 0) is 9.53 Å². The molecule has 20 heavy (non-hydrogen) atoms. The van der Waals surface area contributed by atoms with Crippen molar-refractivity contribution in [2.45, 2.75) is 19.9 Å². The van der Waals surface area contributed by atoms with Gasteiger partial charge in [-0.15, -0.1) is 0 Å². The van der Waals surface area contributed by atoms with Gasteiger partial charge in [0.15, 0.2) is 0 Å². The van der Waals surface area contributed by atoms with Crippen LogP contribution in [0.25, 0.3) is 0 Å². The summed E-state index contributed by atoms with van der Waals surface area (Å²) in [7, 11) is 1.64.